The Morgan fingerprint density at radius 3 is 2.85 bits per heavy atom. The first-order valence-corrected chi connectivity index (χ1v) is 4.13. The number of amides is 1. The van der Waals surface area contributed by atoms with Crippen LogP contribution in [-0.2, 0) is 4.79 Å². The van der Waals surface area contributed by atoms with E-state index in [1.807, 2.05) is 6.92 Å². The van der Waals surface area contributed by atoms with Gasteiger partial charge in [-0.25, -0.2) is 0 Å². The second-order valence-corrected chi connectivity index (χ2v) is 2.91. The largest absolute Gasteiger partial charge is 0.322 e. The summed E-state index contributed by atoms with van der Waals surface area (Å²) in [5.74, 6) is -0.0630. The highest BCUT2D eigenvalue weighted by Gasteiger charge is 2.11. The fourth-order valence-electron chi connectivity index (χ4n) is 0.849. The van der Waals surface area contributed by atoms with Gasteiger partial charge in [0, 0.05) is 0 Å². The first-order valence-electron chi connectivity index (χ1n) is 4.13. The van der Waals surface area contributed by atoms with Crippen molar-refractivity contribution in [1.82, 2.24) is 15.5 Å². The molecule has 0 aromatic carbocycles. The highest BCUT2D eigenvalue weighted by atomic mass is 16.2. The van der Waals surface area contributed by atoms with E-state index in [2.05, 4.69) is 20.8 Å². The SMILES string of the molecule is CNC(C)C(=O)Nc1cn[nH]c1C. The van der Waals surface area contributed by atoms with Crippen molar-refractivity contribution in [2.75, 3.05) is 12.4 Å². The van der Waals surface area contributed by atoms with Crippen LogP contribution in [0.4, 0.5) is 5.69 Å². The number of carbonyl (C=O) groups is 1. The van der Waals surface area contributed by atoms with Crippen molar-refractivity contribution in [1.29, 1.82) is 0 Å². The second-order valence-electron chi connectivity index (χ2n) is 2.91. The lowest BCUT2D eigenvalue weighted by Gasteiger charge is -2.09. The average Bonchev–Trinajstić information content (AvgIpc) is 2.50. The smallest absolute Gasteiger partial charge is 0.241 e. The van der Waals surface area contributed by atoms with Gasteiger partial charge >= 0.3 is 0 Å². The van der Waals surface area contributed by atoms with Crippen molar-refractivity contribution >= 4 is 11.6 Å². The molecule has 0 saturated carbocycles. The molecule has 3 N–H and O–H groups in total. The lowest BCUT2D eigenvalue weighted by molar-refractivity contribution is -0.117. The molecule has 1 heterocycles. The van der Waals surface area contributed by atoms with Gasteiger partial charge in [0.25, 0.3) is 0 Å². The Hall–Kier alpha value is -1.36. The fourth-order valence-corrected chi connectivity index (χ4v) is 0.849. The monoisotopic (exact) mass is 182 g/mol. The van der Waals surface area contributed by atoms with Crippen LogP contribution in [0.1, 0.15) is 12.6 Å². The summed E-state index contributed by atoms with van der Waals surface area (Å²) in [7, 11) is 1.74. The molecule has 0 aliphatic carbocycles. The van der Waals surface area contributed by atoms with Crippen LogP contribution in [0, 0.1) is 6.92 Å². The topological polar surface area (TPSA) is 69.8 Å². The summed E-state index contributed by atoms with van der Waals surface area (Å²) in [5, 5.41) is 12.1. The predicted octanol–water partition coefficient (Wildman–Crippen LogP) is 0.265. The molecular weight excluding hydrogens is 168 g/mol. The Morgan fingerprint density at radius 1 is 1.69 bits per heavy atom. The number of carbonyl (C=O) groups excluding carboxylic acids is 1. The minimum atomic E-state index is -0.200. The van der Waals surface area contributed by atoms with Crippen molar-refractivity contribution in [2.24, 2.45) is 0 Å². The van der Waals surface area contributed by atoms with E-state index in [4.69, 9.17) is 0 Å². The second kappa shape index (κ2) is 4.04. The number of H-pyrrole nitrogens is 1. The molecule has 1 aromatic rings. The van der Waals surface area contributed by atoms with E-state index in [0.717, 1.165) is 11.4 Å². The zero-order chi connectivity index (χ0) is 9.84. The van der Waals surface area contributed by atoms with Crippen LogP contribution in [0.3, 0.4) is 0 Å². The minimum Gasteiger partial charge on any atom is -0.322 e. The van der Waals surface area contributed by atoms with Crippen LogP contribution < -0.4 is 10.6 Å². The molecule has 13 heavy (non-hydrogen) atoms. The average molecular weight is 182 g/mol. The number of aromatic amines is 1. The lowest BCUT2D eigenvalue weighted by Crippen LogP contribution is -2.35. The van der Waals surface area contributed by atoms with Crippen molar-refractivity contribution < 1.29 is 4.79 Å². The molecule has 0 bridgehead atoms. The highest BCUT2D eigenvalue weighted by Crippen LogP contribution is 2.09. The van der Waals surface area contributed by atoms with Crippen molar-refractivity contribution in [2.45, 2.75) is 19.9 Å². The molecule has 0 spiro atoms. The van der Waals surface area contributed by atoms with E-state index < -0.39 is 0 Å². The summed E-state index contributed by atoms with van der Waals surface area (Å²) in [6, 6.07) is -0.200. The number of aromatic nitrogens is 2. The van der Waals surface area contributed by atoms with Crippen LogP contribution in [0.25, 0.3) is 0 Å². The summed E-state index contributed by atoms with van der Waals surface area (Å²) in [6.07, 6.45) is 1.59. The first-order chi connectivity index (χ1) is 6.15. The molecule has 72 valence electrons. The first kappa shape index (κ1) is 9.73. The van der Waals surface area contributed by atoms with Gasteiger partial charge in [-0.1, -0.05) is 0 Å². The number of rotatable bonds is 3. The van der Waals surface area contributed by atoms with Crippen LogP contribution in [0.15, 0.2) is 6.20 Å². The van der Waals surface area contributed by atoms with Crippen LogP contribution >= 0.6 is 0 Å². The Kier molecular flexibility index (Phi) is 3.02. The molecule has 1 atom stereocenters. The van der Waals surface area contributed by atoms with Gasteiger partial charge in [0.15, 0.2) is 0 Å². The number of hydrogen-bond donors (Lipinski definition) is 3. The fraction of sp³-hybridized carbons (Fsp3) is 0.500. The summed E-state index contributed by atoms with van der Waals surface area (Å²) >= 11 is 0. The molecule has 1 amide bonds. The quantitative estimate of drug-likeness (QED) is 0.628. The maximum absolute atomic E-state index is 11.4. The molecule has 1 rings (SSSR count). The summed E-state index contributed by atoms with van der Waals surface area (Å²) in [6.45, 7) is 3.65. The standard InChI is InChI=1S/C8H14N4O/c1-5-7(4-10-12-5)11-8(13)6(2)9-3/h4,6,9H,1-3H3,(H,10,12)(H,11,13). The number of aryl methyl sites for hydroxylation is 1. The van der Waals surface area contributed by atoms with Gasteiger partial charge in [0.2, 0.25) is 5.91 Å². The van der Waals surface area contributed by atoms with E-state index in [0.29, 0.717) is 0 Å². The van der Waals surface area contributed by atoms with Gasteiger partial charge in [-0.2, -0.15) is 5.10 Å². The van der Waals surface area contributed by atoms with Crippen molar-refractivity contribution in [3.63, 3.8) is 0 Å². The Balaban J connectivity index is 2.60. The maximum Gasteiger partial charge on any atom is 0.241 e. The zero-order valence-corrected chi connectivity index (χ0v) is 8.01. The zero-order valence-electron chi connectivity index (χ0n) is 8.01. The normalized spacial score (nSPS) is 12.5. The van der Waals surface area contributed by atoms with Crippen LogP contribution in [-0.4, -0.2) is 29.2 Å². The van der Waals surface area contributed by atoms with Gasteiger partial charge in [-0.3, -0.25) is 9.89 Å². The molecule has 1 unspecified atom stereocenters. The third-order valence-corrected chi connectivity index (χ3v) is 1.91. The molecular formula is C8H14N4O. The number of likely N-dealkylation sites (N-methyl/N-ethyl adjacent to an activating group) is 1. The summed E-state index contributed by atoms with van der Waals surface area (Å²) in [4.78, 5) is 11.4. The van der Waals surface area contributed by atoms with Gasteiger partial charge in [-0.15, -0.1) is 0 Å². The van der Waals surface area contributed by atoms with Crippen LogP contribution in [0.5, 0.6) is 0 Å². The molecule has 0 aliphatic heterocycles. The Morgan fingerprint density at radius 2 is 2.38 bits per heavy atom. The molecule has 0 radical (unpaired) electrons. The summed E-state index contributed by atoms with van der Waals surface area (Å²) < 4.78 is 0. The lowest BCUT2D eigenvalue weighted by atomic mass is 10.3. The van der Waals surface area contributed by atoms with E-state index in [1.54, 1.807) is 20.2 Å². The third-order valence-electron chi connectivity index (χ3n) is 1.91. The molecule has 0 fully saturated rings. The number of nitrogens with zero attached hydrogens (tertiary/aromatic N) is 1. The highest BCUT2D eigenvalue weighted by molar-refractivity contribution is 5.94. The Labute approximate surface area is 76.9 Å². The maximum atomic E-state index is 11.4. The van der Waals surface area contributed by atoms with E-state index in [9.17, 15) is 4.79 Å². The van der Waals surface area contributed by atoms with Gasteiger partial charge in [-0.05, 0) is 20.9 Å². The molecule has 0 aliphatic rings. The molecule has 5 heteroatoms. The summed E-state index contributed by atoms with van der Waals surface area (Å²) in [5.41, 5.74) is 1.59. The van der Waals surface area contributed by atoms with Crippen LogP contribution in [0.2, 0.25) is 0 Å². The predicted molar refractivity (Wildman–Crippen MR) is 50.5 cm³/mol. The van der Waals surface area contributed by atoms with Gasteiger partial charge < -0.3 is 10.6 Å². The number of anilines is 1. The van der Waals surface area contributed by atoms with E-state index in [-0.39, 0.29) is 11.9 Å². The number of nitrogens with one attached hydrogen (secondary N) is 3. The minimum absolute atomic E-state index is 0.0630. The molecule has 5 nitrogen and oxygen atoms in total. The van der Waals surface area contributed by atoms with Gasteiger partial charge in [0.1, 0.15) is 0 Å². The molecule has 0 saturated heterocycles. The van der Waals surface area contributed by atoms with Crippen molar-refractivity contribution in [3.8, 4) is 0 Å². The molecule has 1 aromatic heterocycles. The van der Waals surface area contributed by atoms with Gasteiger partial charge in [0.05, 0.1) is 23.6 Å². The third kappa shape index (κ3) is 2.29. The Bertz CT molecular complexity index is 294. The van der Waals surface area contributed by atoms with E-state index in [1.165, 1.54) is 0 Å². The van der Waals surface area contributed by atoms with E-state index >= 15 is 0 Å². The van der Waals surface area contributed by atoms with Crippen molar-refractivity contribution in [3.05, 3.63) is 11.9 Å². The number of hydrogen-bond acceptors (Lipinski definition) is 3.